The summed E-state index contributed by atoms with van der Waals surface area (Å²) in [7, 11) is 0. The van der Waals surface area contributed by atoms with Crippen molar-refractivity contribution in [3.8, 4) is 5.75 Å². The molecule has 26 heavy (non-hydrogen) atoms. The number of carbonyl (C=O) groups excluding carboxylic acids is 2. The Hall–Kier alpha value is -2.82. The van der Waals surface area contributed by atoms with Crippen molar-refractivity contribution in [3.05, 3.63) is 59.7 Å². The number of anilines is 1. The number of esters is 1. The summed E-state index contributed by atoms with van der Waals surface area (Å²) in [5, 5.41) is 2.81. The van der Waals surface area contributed by atoms with Crippen LogP contribution >= 0.6 is 0 Å². The number of amides is 1. The number of nitrogens with one attached hydrogen (secondary N) is 1. The second kappa shape index (κ2) is 7.20. The quantitative estimate of drug-likeness (QED) is 0.853. The minimum atomic E-state index is -0.813. The number of fused-ring (bicyclic) bond motifs is 1. The summed E-state index contributed by atoms with van der Waals surface area (Å²) < 4.78 is 11.2. The molecule has 1 heterocycles. The van der Waals surface area contributed by atoms with Crippen LogP contribution in [-0.2, 0) is 16.0 Å². The SMILES string of the molecule is O=C1OC(C(=O)Nc2ccc(OC3CCCC3)cc2)Cc2ccccc21. The molecular weight excluding hydrogens is 330 g/mol. The van der Waals surface area contributed by atoms with E-state index < -0.39 is 12.1 Å². The second-order valence-electron chi connectivity index (χ2n) is 6.79. The molecule has 1 saturated carbocycles. The minimum absolute atomic E-state index is 0.303. The van der Waals surface area contributed by atoms with Crippen molar-refractivity contribution in [2.75, 3.05) is 5.32 Å². The Balaban J connectivity index is 1.38. The molecule has 2 aliphatic rings. The Morgan fingerprint density at radius 1 is 1.04 bits per heavy atom. The van der Waals surface area contributed by atoms with Gasteiger partial charge in [0, 0.05) is 12.1 Å². The molecular formula is C21H21NO4. The first-order chi connectivity index (χ1) is 12.7. The number of ether oxygens (including phenoxy) is 2. The highest BCUT2D eigenvalue weighted by Crippen LogP contribution is 2.26. The van der Waals surface area contributed by atoms with Gasteiger partial charge in [0.2, 0.25) is 0 Å². The van der Waals surface area contributed by atoms with Crippen LogP contribution < -0.4 is 10.1 Å². The van der Waals surface area contributed by atoms with E-state index in [9.17, 15) is 9.59 Å². The first-order valence-corrected chi connectivity index (χ1v) is 9.05. The maximum absolute atomic E-state index is 12.5. The van der Waals surface area contributed by atoms with E-state index in [1.165, 1.54) is 12.8 Å². The van der Waals surface area contributed by atoms with Gasteiger partial charge in [0.25, 0.3) is 5.91 Å². The lowest BCUT2D eigenvalue weighted by Crippen LogP contribution is -2.37. The number of carbonyl (C=O) groups is 2. The van der Waals surface area contributed by atoms with E-state index in [0.29, 0.717) is 23.8 Å². The van der Waals surface area contributed by atoms with E-state index in [-0.39, 0.29) is 5.91 Å². The van der Waals surface area contributed by atoms with Crippen molar-refractivity contribution in [1.29, 1.82) is 0 Å². The summed E-state index contributed by atoms with van der Waals surface area (Å²) in [6, 6.07) is 14.5. The molecule has 1 N–H and O–H groups in total. The van der Waals surface area contributed by atoms with E-state index in [0.717, 1.165) is 24.2 Å². The predicted octanol–water partition coefficient (Wildman–Crippen LogP) is 3.73. The Bertz CT molecular complexity index is 809. The van der Waals surface area contributed by atoms with Gasteiger partial charge in [-0.2, -0.15) is 0 Å². The molecule has 1 amide bonds. The lowest BCUT2D eigenvalue weighted by atomic mass is 9.98. The predicted molar refractivity (Wildman–Crippen MR) is 97.3 cm³/mol. The number of hydrogen-bond acceptors (Lipinski definition) is 4. The molecule has 2 aromatic rings. The zero-order valence-electron chi connectivity index (χ0n) is 14.4. The largest absolute Gasteiger partial charge is 0.490 e. The molecule has 0 spiro atoms. The summed E-state index contributed by atoms with van der Waals surface area (Å²) >= 11 is 0. The van der Waals surface area contributed by atoms with Crippen LogP contribution in [0.1, 0.15) is 41.6 Å². The molecule has 1 aliphatic carbocycles. The third-order valence-corrected chi connectivity index (χ3v) is 4.91. The van der Waals surface area contributed by atoms with Crippen molar-refractivity contribution in [1.82, 2.24) is 0 Å². The highest BCUT2D eigenvalue weighted by atomic mass is 16.5. The van der Waals surface area contributed by atoms with Crippen molar-refractivity contribution in [3.63, 3.8) is 0 Å². The van der Waals surface area contributed by atoms with E-state index in [1.54, 1.807) is 24.3 Å². The molecule has 1 unspecified atom stereocenters. The highest BCUT2D eigenvalue weighted by Gasteiger charge is 2.31. The van der Waals surface area contributed by atoms with Crippen molar-refractivity contribution < 1.29 is 19.1 Å². The topological polar surface area (TPSA) is 64.6 Å². The molecule has 134 valence electrons. The van der Waals surface area contributed by atoms with Crippen LogP contribution in [0.3, 0.4) is 0 Å². The Morgan fingerprint density at radius 2 is 1.77 bits per heavy atom. The van der Waals surface area contributed by atoms with Gasteiger partial charge >= 0.3 is 5.97 Å². The smallest absolute Gasteiger partial charge is 0.339 e. The standard InChI is InChI=1S/C21H21NO4/c23-20(19-13-14-5-1-4-8-18(14)21(24)26-19)22-15-9-11-17(12-10-15)25-16-6-2-3-7-16/h1,4-5,8-12,16,19H,2-3,6-7,13H2,(H,22,23). The van der Waals surface area contributed by atoms with E-state index >= 15 is 0 Å². The first-order valence-electron chi connectivity index (χ1n) is 9.05. The third-order valence-electron chi connectivity index (χ3n) is 4.91. The van der Waals surface area contributed by atoms with Crippen LogP contribution in [0.15, 0.2) is 48.5 Å². The van der Waals surface area contributed by atoms with Gasteiger partial charge in [-0.3, -0.25) is 4.79 Å². The molecule has 5 heteroatoms. The van der Waals surface area contributed by atoms with Gasteiger partial charge in [0.05, 0.1) is 11.7 Å². The van der Waals surface area contributed by atoms with Gasteiger partial charge in [0.15, 0.2) is 6.10 Å². The van der Waals surface area contributed by atoms with Crippen molar-refractivity contribution in [2.45, 2.75) is 44.3 Å². The third kappa shape index (κ3) is 3.57. The second-order valence-corrected chi connectivity index (χ2v) is 6.79. The molecule has 0 saturated heterocycles. The fraction of sp³-hybridized carbons (Fsp3) is 0.333. The molecule has 4 rings (SSSR count). The number of rotatable bonds is 4. The van der Waals surface area contributed by atoms with Gasteiger partial charge in [-0.15, -0.1) is 0 Å². The van der Waals surface area contributed by atoms with E-state index in [2.05, 4.69) is 5.32 Å². The zero-order chi connectivity index (χ0) is 17.9. The molecule has 0 aromatic heterocycles. The minimum Gasteiger partial charge on any atom is -0.490 e. The molecule has 5 nitrogen and oxygen atoms in total. The summed E-state index contributed by atoms with van der Waals surface area (Å²) in [4.78, 5) is 24.5. The number of benzene rings is 2. The fourth-order valence-corrected chi connectivity index (χ4v) is 3.52. The molecule has 1 atom stereocenters. The lowest BCUT2D eigenvalue weighted by molar-refractivity contribution is -0.125. The van der Waals surface area contributed by atoms with Crippen LogP contribution in [0.5, 0.6) is 5.75 Å². The van der Waals surface area contributed by atoms with Gasteiger partial charge < -0.3 is 14.8 Å². The number of cyclic esters (lactones) is 1. The van der Waals surface area contributed by atoms with Crippen molar-refractivity contribution in [2.24, 2.45) is 0 Å². The Kier molecular flexibility index (Phi) is 4.61. The van der Waals surface area contributed by atoms with Gasteiger partial charge in [-0.25, -0.2) is 4.79 Å². The molecule has 1 aliphatic heterocycles. The van der Waals surface area contributed by atoms with Crippen molar-refractivity contribution >= 4 is 17.6 Å². The summed E-state index contributed by atoms with van der Waals surface area (Å²) in [5.41, 5.74) is 2.03. The Morgan fingerprint density at radius 3 is 2.54 bits per heavy atom. The van der Waals surface area contributed by atoms with Crippen LogP contribution in [0.4, 0.5) is 5.69 Å². The lowest BCUT2D eigenvalue weighted by Gasteiger charge is -2.23. The average molecular weight is 351 g/mol. The maximum Gasteiger partial charge on any atom is 0.339 e. The zero-order valence-corrected chi connectivity index (χ0v) is 14.4. The summed E-state index contributed by atoms with van der Waals surface area (Å²) in [6.45, 7) is 0. The molecule has 2 aromatic carbocycles. The fourth-order valence-electron chi connectivity index (χ4n) is 3.52. The normalized spacial score (nSPS) is 19.5. The average Bonchev–Trinajstić information content (AvgIpc) is 3.16. The van der Waals surface area contributed by atoms with Gasteiger partial charge in [-0.05, 0) is 61.6 Å². The monoisotopic (exact) mass is 351 g/mol. The number of hydrogen-bond donors (Lipinski definition) is 1. The summed E-state index contributed by atoms with van der Waals surface area (Å²) in [6.07, 6.45) is 4.53. The van der Waals surface area contributed by atoms with E-state index in [4.69, 9.17) is 9.47 Å². The van der Waals surface area contributed by atoms with Crippen LogP contribution in [0.25, 0.3) is 0 Å². The highest BCUT2D eigenvalue weighted by molar-refractivity contribution is 6.00. The molecule has 0 bridgehead atoms. The first kappa shape index (κ1) is 16.6. The molecule has 0 radical (unpaired) electrons. The van der Waals surface area contributed by atoms with Crippen LogP contribution in [-0.4, -0.2) is 24.1 Å². The van der Waals surface area contributed by atoms with Gasteiger partial charge in [0.1, 0.15) is 5.75 Å². The van der Waals surface area contributed by atoms with E-state index in [1.807, 2.05) is 24.3 Å². The summed E-state index contributed by atoms with van der Waals surface area (Å²) in [5.74, 6) is 0.0394. The molecule has 1 fully saturated rings. The Labute approximate surface area is 152 Å². The van der Waals surface area contributed by atoms with Gasteiger partial charge in [-0.1, -0.05) is 18.2 Å². The van der Waals surface area contributed by atoms with Crippen LogP contribution in [0.2, 0.25) is 0 Å². The van der Waals surface area contributed by atoms with Crippen LogP contribution in [0, 0.1) is 0 Å². The maximum atomic E-state index is 12.5.